The average molecular weight is 272 g/mol. The van der Waals surface area contributed by atoms with Crippen molar-refractivity contribution in [1.82, 2.24) is 0 Å². The van der Waals surface area contributed by atoms with E-state index in [2.05, 4.69) is 15.9 Å². The minimum atomic E-state index is 0.416. The molecule has 0 aliphatic heterocycles. The summed E-state index contributed by atoms with van der Waals surface area (Å²) in [5.74, 6) is 0. The minimum Gasteiger partial charge on any atom is -0.397 e. The molecule has 0 unspecified atom stereocenters. The number of allylic oxidation sites excluding steroid dienone is 1. The molecule has 0 aliphatic carbocycles. The molecule has 0 saturated heterocycles. The highest BCUT2D eigenvalue weighted by atomic mass is 79.9. The van der Waals surface area contributed by atoms with Gasteiger partial charge >= 0.3 is 0 Å². The third kappa shape index (κ3) is 2.28. The zero-order chi connectivity index (χ0) is 10.7. The lowest BCUT2D eigenvalue weighted by Crippen LogP contribution is -2.00. The van der Waals surface area contributed by atoms with Crippen molar-refractivity contribution < 1.29 is 0 Å². The smallest absolute Gasteiger partial charge is 0.0965 e. The van der Waals surface area contributed by atoms with Crippen molar-refractivity contribution in [3.05, 3.63) is 38.8 Å². The number of hydrogen-bond acceptors (Lipinski definition) is 2. The summed E-state index contributed by atoms with van der Waals surface area (Å²) >= 11 is 9.26. The van der Waals surface area contributed by atoms with Crippen molar-refractivity contribution in [2.75, 3.05) is 0 Å². The summed E-state index contributed by atoms with van der Waals surface area (Å²) in [6.07, 6.45) is 0. The van der Waals surface area contributed by atoms with Crippen LogP contribution in [0.3, 0.4) is 0 Å². The highest BCUT2D eigenvalue weighted by molar-refractivity contribution is 9.10. The number of hydrogen-bond donors (Lipinski definition) is 1. The van der Waals surface area contributed by atoms with E-state index in [9.17, 15) is 0 Å². The second-order valence-electron chi connectivity index (χ2n) is 2.77. The number of nitriles is 1. The van der Waals surface area contributed by atoms with Crippen molar-refractivity contribution in [2.24, 2.45) is 5.73 Å². The first-order valence-electron chi connectivity index (χ1n) is 3.88. The van der Waals surface area contributed by atoms with E-state index in [1.165, 1.54) is 0 Å². The zero-order valence-electron chi connectivity index (χ0n) is 7.51. The normalized spacial score (nSPS) is 11.9. The molecule has 0 fully saturated rings. The number of benzene rings is 1. The fourth-order valence-electron chi connectivity index (χ4n) is 0.966. The molecule has 0 aromatic heterocycles. The van der Waals surface area contributed by atoms with Crippen molar-refractivity contribution in [2.45, 2.75) is 6.92 Å². The van der Waals surface area contributed by atoms with Crippen LogP contribution in [0.15, 0.2) is 28.2 Å². The molecule has 14 heavy (non-hydrogen) atoms. The van der Waals surface area contributed by atoms with Crippen LogP contribution in [0.4, 0.5) is 0 Å². The molecule has 2 nitrogen and oxygen atoms in total. The van der Waals surface area contributed by atoms with Gasteiger partial charge in [0, 0.05) is 20.6 Å². The quantitative estimate of drug-likeness (QED) is 0.797. The van der Waals surface area contributed by atoms with Gasteiger partial charge in [0.2, 0.25) is 0 Å². The standard InChI is InChI=1S/C10H8BrClN2/c1-6(5-13)10(14)8-4-7(11)2-3-9(8)12/h2-4H,14H2,1H3/b10-6-. The van der Waals surface area contributed by atoms with Gasteiger partial charge < -0.3 is 5.73 Å². The molecule has 2 N–H and O–H groups in total. The van der Waals surface area contributed by atoms with E-state index in [-0.39, 0.29) is 0 Å². The lowest BCUT2D eigenvalue weighted by Gasteiger charge is -2.05. The molecule has 0 bridgehead atoms. The molecule has 4 heteroatoms. The summed E-state index contributed by atoms with van der Waals surface area (Å²) in [5, 5.41) is 9.23. The van der Waals surface area contributed by atoms with Gasteiger partial charge in [0.1, 0.15) is 0 Å². The van der Waals surface area contributed by atoms with Crippen molar-refractivity contribution >= 4 is 33.2 Å². The number of rotatable bonds is 1. The third-order valence-electron chi connectivity index (χ3n) is 1.79. The summed E-state index contributed by atoms with van der Waals surface area (Å²) in [6.45, 7) is 1.66. The Morgan fingerprint density at radius 2 is 2.21 bits per heavy atom. The van der Waals surface area contributed by atoms with Gasteiger partial charge in [-0.15, -0.1) is 0 Å². The summed E-state index contributed by atoms with van der Waals surface area (Å²) in [5.41, 5.74) is 7.33. The molecule has 0 spiro atoms. The predicted octanol–water partition coefficient (Wildman–Crippen LogP) is 3.32. The lowest BCUT2D eigenvalue weighted by atomic mass is 10.1. The average Bonchev–Trinajstić information content (AvgIpc) is 2.19. The second-order valence-corrected chi connectivity index (χ2v) is 4.10. The van der Waals surface area contributed by atoms with Gasteiger partial charge in [-0.25, -0.2) is 0 Å². The topological polar surface area (TPSA) is 49.8 Å². The molecule has 0 saturated carbocycles. The SMILES string of the molecule is C/C(C#N)=C(/N)c1cc(Br)ccc1Cl. The third-order valence-corrected chi connectivity index (χ3v) is 2.61. The first-order chi connectivity index (χ1) is 6.56. The number of halogens is 2. The van der Waals surface area contributed by atoms with Crippen molar-refractivity contribution in [1.29, 1.82) is 5.26 Å². The maximum Gasteiger partial charge on any atom is 0.0965 e. The first kappa shape index (κ1) is 11.1. The van der Waals surface area contributed by atoms with Crippen LogP contribution in [-0.2, 0) is 0 Å². The van der Waals surface area contributed by atoms with Crippen LogP contribution in [-0.4, -0.2) is 0 Å². The molecule has 1 aromatic carbocycles. The molecule has 72 valence electrons. The maximum absolute atomic E-state index is 8.68. The molecule has 1 rings (SSSR count). The maximum atomic E-state index is 8.68. The van der Waals surface area contributed by atoms with Crippen LogP contribution in [0.1, 0.15) is 12.5 Å². The molecule has 0 atom stereocenters. The van der Waals surface area contributed by atoms with Gasteiger partial charge in [-0.1, -0.05) is 27.5 Å². The predicted molar refractivity (Wildman–Crippen MR) is 61.5 cm³/mol. The van der Waals surface area contributed by atoms with Gasteiger partial charge in [0.25, 0.3) is 0 Å². The molecular formula is C10H8BrClN2. The summed E-state index contributed by atoms with van der Waals surface area (Å²) in [7, 11) is 0. The Morgan fingerprint density at radius 1 is 1.57 bits per heavy atom. The van der Waals surface area contributed by atoms with Gasteiger partial charge in [0.15, 0.2) is 0 Å². The summed E-state index contributed by atoms with van der Waals surface area (Å²) in [4.78, 5) is 0. The first-order valence-corrected chi connectivity index (χ1v) is 5.05. The van der Waals surface area contributed by atoms with Gasteiger partial charge in [-0.2, -0.15) is 5.26 Å². The van der Waals surface area contributed by atoms with Crippen LogP contribution < -0.4 is 5.73 Å². The Kier molecular flexibility index (Phi) is 3.56. The van der Waals surface area contributed by atoms with Crippen LogP contribution in [0, 0.1) is 11.3 Å². The molecular weight excluding hydrogens is 263 g/mol. The molecule has 0 aliphatic rings. The Morgan fingerprint density at radius 3 is 2.79 bits per heavy atom. The largest absolute Gasteiger partial charge is 0.397 e. The zero-order valence-corrected chi connectivity index (χ0v) is 9.85. The number of nitrogens with two attached hydrogens (primary N) is 1. The Labute approximate surface area is 96.1 Å². The van der Waals surface area contributed by atoms with Gasteiger partial charge in [0.05, 0.1) is 11.8 Å². The van der Waals surface area contributed by atoms with Crippen molar-refractivity contribution in [3.63, 3.8) is 0 Å². The summed E-state index contributed by atoms with van der Waals surface area (Å²) < 4.78 is 0.880. The molecule has 0 amide bonds. The van der Waals surface area contributed by atoms with Gasteiger partial charge in [-0.05, 0) is 25.1 Å². The lowest BCUT2D eigenvalue weighted by molar-refractivity contribution is 1.39. The van der Waals surface area contributed by atoms with Crippen molar-refractivity contribution in [3.8, 4) is 6.07 Å². The van der Waals surface area contributed by atoms with E-state index in [4.69, 9.17) is 22.6 Å². The van der Waals surface area contributed by atoms with Crippen LogP contribution in [0.2, 0.25) is 5.02 Å². The summed E-state index contributed by atoms with van der Waals surface area (Å²) in [6, 6.07) is 7.34. The van der Waals surface area contributed by atoms with E-state index in [0.717, 1.165) is 4.47 Å². The fourth-order valence-corrected chi connectivity index (χ4v) is 1.55. The van der Waals surface area contributed by atoms with E-state index < -0.39 is 0 Å². The van der Waals surface area contributed by atoms with E-state index >= 15 is 0 Å². The second kappa shape index (κ2) is 4.50. The Balaban J connectivity index is 3.34. The Bertz CT molecular complexity index is 432. The molecule has 1 aromatic rings. The highest BCUT2D eigenvalue weighted by Crippen LogP contribution is 2.26. The van der Waals surface area contributed by atoms with Crippen LogP contribution in [0.25, 0.3) is 5.70 Å². The highest BCUT2D eigenvalue weighted by Gasteiger charge is 2.06. The molecule has 0 heterocycles. The number of nitrogens with zero attached hydrogens (tertiary/aromatic N) is 1. The van der Waals surface area contributed by atoms with Crippen LogP contribution in [0.5, 0.6) is 0 Å². The van der Waals surface area contributed by atoms with E-state index in [0.29, 0.717) is 21.9 Å². The van der Waals surface area contributed by atoms with E-state index in [1.807, 2.05) is 12.1 Å². The molecule has 0 radical (unpaired) electrons. The van der Waals surface area contributed by atoms with E-state index in [1.54, 1.807) is 19.1 Å². The van der Waals surface area contributed by atoms with Gasteiger partial charge in [-0.3, -0.25) is 0 Å². The fraction of sp³-hybridized carbons (Fsp3) is 0.100. The monoisotopic (exact) mass is 270 g/mol. The Hall–Kier alpha value is -0.980. The van der Waals surface area contributed by atoms with Crippen LogP contribution >= 0.6 is 27.5 Å². The minimum absolute atomic E-state index is 0.416.